The van der Waals surface area contributed by atoms with Crippen LogP contribution in [0.5, 0.6) is 5.75 Å². The smallest absolute Gasteiger partial charge is 0.240 e. The minimum Gasteiger partial charge on any atom is -0.489 e. The first kappa shape index (κ1) is 18.8. The van der Waals surface area contributed by atoms with Crippen molar-refractivity contribution in [3.8, 4) is 17.1 Å². The number of rotatable bonds is 7. The van der Waals surface area contributed by atoms with Gasteiger partial charge in [0, 0.05) is 5.56 Å². The number of amides is 1. The lowest BCUT2D eigenvalue weighted by atomic mass is 10.1. The number of ether oxygens (including phenoxy) is 1. The quantitative estimate of drug-likeness (QED) is 0.483. The third-order valence-electron chi connectivity index (χ3n) is 3.85. The Kier molecular flexibility index (Phi) is 5.97. The first-order valence-electron chi connectivity index (χ1n) is 8.41. The number of aromatic amines is 1. The number of hydrogen-bond donors (Lipinski definition) is 2. The van der Waals surface area contributed by atoms with Crippen molar-refractivity contribution in [1.82, 2.24) is 20.1 Å². The van der Waals surface area contributed by atoms with Crippen LogP contribution in [0.1, 0.15) is 5.56 Å². The number of benzene rings is 2. The van der Waals surface area contributed by atoms with Crippen LogP contribution in [0.3, 0.4) is 0 Å². The predicted molar refractivity (Wildman–Crippen MR) is 102 cm³/mol. The molecule has 1 amide bonds. The third kappa shape index (κ3) is 4.79. The Balaban J connectivity index is 1.58. The molecule has 0 saturated carbocycles. The number of nitrogens with one attached hydrogen (secondary N) is 2. The predicted octanol–water partition coefficient (Wildman–Crippen LogP) is 3.25. The SMILES string of the molecule is Cc1cccc(-c2n[nH]c(=S)n2CC(=O)NCCOc2ccccc2F)c1. The summed E-state index contributed by atoms with van der Waals surface area (Å²) >= 11 is 5.24. The molecule has 0 fully saturated rings. The van der Waals surface area contributed by atoms with Crippen LogP contribution in [0.25, 0.3) is 11.4 Å². The van der Waals surface area contributed by atoms with E-state index in [0.29, 0.717) is 10.6 Å². The van der Waals surface area contributed by atoms with Crippen molar-refractivity contribution in [2.75, 3.05) is 13.2 Å². The topological polar surface area (TPSA) is 71.9 Å². The van der Waals surface area contributed by atoms with Crippen LogP contribution in [0, 0.1) is 17.5 Å². The Labute approximate surface area is 161 Å². The second-order valence-corrected chi connectivity index (χ2v) is 6.32. The molecule has 1 aromatic heterocycles. The molecule has 0 aliphatic heterocycles. The summed E-state index contributed by atoms with van der Waals surface area (Å²) in [6, 6.07) is 13.9. The van der Waals surface area contributed by atoms with Gasteiger partial charge in [0.2, 0.25) is 5.91 Å². The van der Waals surface area contributed by atoms with E-state index in [1.807, 2.05) is 31.2 Å². The first-order valence-corrected chi connectivity index (χ1v) is 8.81. The number of para-hydroxylation sites is 1. The molecule has 0 aliphatic rings. The van der Waals surface area contributed by atoms with Gasteiger partial charge in [-0.05, 0) is 37.3 Å². The number of carbonyl (C=O) groups is 1. The fraction of sp³-hybridized carbons (Fsp3) is 0.211. The van der Waals surface area contributed by atoms with Crippen LogP contribution in [0.4, 0.5) is 4.39 Å². The van der Waals surface area contributed by atoms with Crippen LogP contribution >= 0.6 is 12.2 Å². The first-order chi connectivity index (χ1) is 13.0. The van der Waals surface area contributed by atoms with E-state index in [4.69, 9.17) is 17.0 Å². The molecule has 27 heavy (non-hydrogen) atoms. The van der Waals surface area contributed by atoms with Gasteiger partial charge in [0.1, 0.15) is 13.2 Å². The van der Waals surface area contributed by atoms with E-state index in [9.17, 15) is 9.18 Å². The molecule has 3 aromatic rings. The summed E-state index contributed by atoms with van der Waals surface area (Å²) in [5, 5.41) is 9.68. The minimum atomic E-state index is -0.434. The van der Waals surface area contributed by atoms with E-state index in [-0.39, 0.29) is 31.4 Å². The van der Waals surface area contributed by atoms with Crippen LogP contribution in [-0.4, -0.2) is 33.8 Å². The average molecular weight is 386 g/mol. The summed E-state index contributed by atoms with van der Waals surface area (Å²) in [5.41, 5.74) is 1.96. The van der Waals surface area contributed by atoms with Gasteiger partial charge in [-0.15, -0.1) is 0 Å². The van der Waals surface area contributed by atoms with Gasteiger partial charge < -0.3 is 10.1 Å². The average Bonchev–Trinajstić information content (AvgIpc) is 3.01. The summed E-state index contributed by atoms with van der Waals surface area (Å²) in [6.45, 7) is 2.42. The van der Waals surface area contributed by atoms with Crippen molar-refractivity contribution in [3.63, 3.8) is 0 Å². The summed E-state index contributed by atoms with van der Waals surface area (Å²) in [4.78, 5) is 12.2. The highest BCUT2D eigenvalue weighted by Gasteiger charge is 2.12. The van der Waals surface area contributed by atoms with Gasteiger partial charge in [0.15, 0.2) is 22.2 Å². The zero-order valence-corrected chi connectivity index (χ0v) is 15.6. The van der Waals surface area contributed by atoms with E-state index in [2.05, 4.69) is 15.5 Å². The number of aryl methyl sites for hydroxylation is 1. The van der Waals surface area contributed by atoms with Gasteiger partial charge >= 0.3 is 0 Å². The second kappa shape index (κ2) is 8.59. The van der Waals surface area contributed by atoms with Gasteiger partial charge in [-0.2, -0.15) is 5.10 Å². The maximum atomic E-state index is 13.5. The second-order valence-electron chi connectivity index (χ2n) is 5.94. The van der Waals surface area contributed by atoms with Crippen molar-refractivity contribution in [1.29, 1.82) is 0 Å². The molecule has 1 heterocycles. The fourth-order valence-corrected chi connectivity index (χ4v) is 2.78. The molecule has 0 bridgehead atoms. The zero-order valence-electron chi connectivity index (χ0n) is 14.7. The molecule has 0 radical (unpaired) electrons. The normalized spacial score (nSPS) is 10.6. The molecular formula is C19H19FN4O2S. The van der Waals surface area contributed by atoms with E-state index >= 15 is 0 Å². The molecule has 0 saturated heterocycles. The summed E-state index contributed by atoms with van der Waals surface area (Å²) < 4.78 is 20.8. The Morgan fingerprint density at radius 1 is 1.30 bits per heavy atom. The van der Waals surface area contributed by atoms with Crippen molar-refractivity contribution >= 4 is 18.1 Å². The highest BCUT2D eigenvalue weighted by Crippen LogP contribution is 2.18. The number of H-pyrrole nitrogens is 1. The van der Waals surface area contributed by atoms with E-state index < -0.39 is 5.82 Å². The van der Waals surface area contributed by atoms with Gasteiger partial charge in [-0.25, -0.2) is 4.39 Å². The van der Waals surface area contributed by atoms with Crippen molar-refractivity contribution < 1.29 is 13.9 Å². The fourth-order valence-electron chi connectivity index (χ4n) is 2.58. The molecule has 8 heteroatoms. The van der Waals surface area contributed by atoms with E-state index in [1.165, 1.54) is 12.1 Å². The maximum absolute atomic E-state index is 13.5. The molecule has 0 atom stereocenters. The molecule has 3 rings (SSSR count). The number of carbonyl (C=O) groups excluding carboxylic acids is 1. The van der Waals surface area contributed by atoms with Crippen LogP contribution in [0.15, 0.2) is 48.5 Å². The Morgan fingerprint density at radius 2 is 2.11 bits per heavy atom. The Hall–Kier alpha value is -3.00. The molecular weight excluding hydrogens is 367 g/mol. The lowest BCUT2D eigenvalue weighted by Gasteiger charge is -2.10. The van der Waals surface area contributed by atoms with Crippen molar-refractivity contribution in [2.45, 2.75) is 13.5 Å². The number of halogens is 1. The highest BCUT2D eigenvalue weighted by molar-refractivity contribution is 7.71. The van der Waals surface area contributed by atoms with Crippen LogP contribution in [-0.2, 0) is 11.3 Å². The Bertz CT molecular complexity index is 999. The number of nitrogens with zero attached hydrogens (tertiary/aromatic N) is 2. The van der Waals surface area contributed by atoms with E-state index in [1.54, 1.807) is 16.7 Å². The van der Waals surface area contributed by atoms with Crippen molar-refractivity contribution in [2.24, 2.45) is 0 Å². The maximum Gasteiger partial charge on any atom is 0.240 e. The summed E-state index contributed by atoms with van der Waals surface area (Å²) in [7, 11) is 0. The monoisotopic (exact) mass is 386 g/mol. The van der Waals surface area contributed by atoms with Gasteiger partial charge in [0.25, 0.3) is 0 Å². The summed E-state index contributed by atoms with van der Waals surface area (Å²) in [6.07, 6.45) is 0. The highest BCUT2D eigenvalue weighted by atomic mass is 32.1. The molecule has 2 aromatic carbocycles. The summed E-state index contributed by atoms with van der Waals surface area (Å²) in [5.74, 6) is 0.0851. The molecule has 0 unspecified atom stereocenters. The van der Waals surface area contributed by atoms with Crippen molar-refractivity contribution in [3.05, 3.63) is 64.7 Å². The van der Waals surface area contributed by atoms with E-state index in [0.717, 1.165) is 11.1 Å². The largest absolute Gasteiger partial charge is 0.489 e. The molecule has 140 valence electrons. The van der Waals surface area contributed by atoms with Crippen LogP contribution in [0.2, 0.25) is 0 Å². The van der Waals surface area contributed by atoms with Crippen LogP contribution < -0.4 is 10.1 Å². The zero-order chi connectivity index (χ0) is 19.2. The van der Waals surface area contributed by atoms with Gasteiger partial charge in [-0.1, -0.05) is 35.9 Å². The molecule has 0 aliphatic carbocycles. The Morgan fingerprint density at radius 3 is 2.89 bits per heavy atom. The lowest BCUT2D eigenvalue weighted by Crippen LogP contribution is -2.31. The standard InChI is InChI=1S/C19H19FN4O2S/c1-13-5-4-6-14(11-13)18-22-23-19(27)24(18)12-17(25)21-9-10-26-16-8-3-2-7-15(16)20/h2-8,11H,9-10,12H2,1H3,(H,21,25)(H,23,27). The van der Waals surface area contributed by atoms with Gasteiger partial charge in [-0.3, -0.25) is 14.5 Å². The minimum absolute atomic E-state index is 0.0261. The lowest BCUT2D eigenvalue weighted by molar-refractivity contribution is -0.121. The molecule has 0 spiro atoms. The number of hydrogen-bond acceptors (Lipinski definition) is 4. The van der Waals surface area contributed by atoms with Gasteiger partial charge in [0.05, 0.1) is 6.54 Å². The number of aromatic nitrogens is 3. The third-order valence-corrected chi connectivity index (χ3v) is 4.17. The molecule has 2 N–H and O–H groups in total. The molecule has 6 nitrogen and oxygen atoms in total.